The van der Waals surface area contributed by atoms with Crippen molar-refractivity contribution in [3.05, 3.63) is 12.2 Å². The minimum atomic E-state index is -0.295. The molecule has 0 spiro atoms. The van der Waals surface area contributed by atoms with Crippen LogP contribution >= 0.6 is 0 Å². The van der Waals surface area contributed by atoms with Crippen LogP contribution in [0.1, 0.15) is 20.3 Å². The van der Waals surface area contributed by atoms with E-state index in [0.717, 1.165) is 6.42 Å². The van der Waals surface area contributed by atoms with E-state index >= 15 is 0 Å². The summed E-state index contributed by atoms with van der Waals surface area (Å²) in [5.41, 5.74) is -0.00144. The van der Waals surface area contributed by atoms with E-state index < -0.39 is 0 Å². The van der Waals surface area contributed by atoms with Gasteiger partial charge in [0.1, 0.15) is 5.78 Å². The van der Waals surface area contributed by atoms with Crippen LogP contribution < -0.4 is 0 Å². The first-order valence-electron chi connectivity index (χ1n) is 5.42. The molecule has 0 heterocycles. The first-order chi connectivity index (χ1) is 6.52. The predicted molar refractivity (Wildman–Crippen MR) is 52.5 cm³/mol. The molecule has 3 aliphatic rings. The smallest absolute Gasteiger partial charge is 0.147 e. The summed E-state index contributed by atoms with van der Waals surface area (Å²) in [6.07, 6.45) is 4.77. The fourth-order valence-corrected chi connectivity index (χ4v) is 3.77. The number of fused-ring (bicyclic) bond motifs is 5. The molecule has 2 bridgehead atoms. The van der Waals surface area contributed by atoms with Gasteiger partial charge in [0.15, 0.2) is 0 Å². The van der Waals surface area contributed by atoms with Crippen molar-refractivity contribution < 1.29 is 9.90 Å². The van der Waals surface area contributed by atoms with Gasteiger partial charge < -0.3 is 5.11 Å². The van der Waals surface area contributed by atoms with Gasteiger partial charge in [0.2, 0.25) is 0 Å². The molecular weight excluding hydrogens is 176 g/mol. The first kappa shape index (κ1) is 8.66. The molecule has 0 aliphatic heterocycles. The molecule has 2 saturated carbocycles. The third-order valence-electron chi connectivity index (χ3n) is 4.48. The quantitative estimate of drug-likeness (QED) is 0.589. The van der Waals surface area contributed by atoms with Crippen molar-refractivity contribution in [1.29, 1.82) is 0 Å². The minimum Gasteiger partial charge on any atom is -0.392 e. The number of ketones is 1. The zero-order chi connectivity index (χ0) is 10.1. The molecule has 0 amide bonds. The summed E-state index contributed by atoms with van der Waals surface area (Å²) in [7, 11) is 0. The van der Waals surface area contributed by atoms with Crippen molar-refractivity contribution in [1.82, 2.24) is 0 Å². The maximum atomic E-state index is 11.8. The van der Waals surface area contributed by atoms with Crippen LogP contribution in [0.5, 0.6) is 0 Å². The Kier molecular flexibility index (Phi) is 1.42. The molecule has 14 heavy (non-hydrogen) atoms. The van der Waals surface area contributed by atoms with Gasteiger partial charge in [0, 0.05) is 17.8 Å². The average Bonchev–Trinajstić information content (AvgIpc) is 2.65. The normalized spacial score (nSPS) is 52.8. The Balaban J connectivity index is 2.01. The van der Waals surface area contributed by atoms with E-state index in [4.69, 9.17) is 0 Å². The highest BCUT2D eigenvalue weighted by Crippen LogP contribution is 2.58. The Bertz CT molecular complexity index is 329. The lowest BCUT2D eigenvalue weighted by Crippen LogP contribution is -2.32. The molecule has 0 aromatic rings. The highest BCUT2D eigenvalue weighted by molar-refractivity contribution is 5.92. The highest BCUT2D eigenvalue weighted by Gasteiger charge is 2.61. The van der Waals surface area contributed by atoms with Gasteiger partial charge in [-0.15, -0.1) is 0 Å². The molecule has 2 fully saturated rings. The molecule has 5 atom stereocenters. The van der Waals surface area contributed by atoms with Crippen LogP contribution in [0.3, 0.4) is 0 Å². The molecule has 76 valence electrons. The number of Topliss-reactive ketones (excluding diaryl/α,β-unsaturated/α-hetero) is 1. The summed E-state index contributed by atoms with van der Waals surface area (Å²) in [4.78, 5) is 11.8. The second-order valence-corrected chi connectivity index (χ2v) is 5.72. The Labute approximate surface area is 84.0 Å². The Hall–Kier alpha value is -0.630. The van der Waals surface area contributed by atoms with E-state index in [1.54, 1.807) is 0 Å². The molecule has 3 aliphatic carbocycles. The standard InChI is InChI=1S/C12H16O2/c1-12(2)5-8-6-3-4-7(10(6)13)9(8)11(12)14/h3-4,6-9,11,14H,5H2,1-2H3. The van der Waals surface area contributed by atoms with Crippen LogP contribution in [0.25, 0.3) is 0 Å². The van der Waals surface area contributed by atoms with Crippen LogP contribution in [-0.2, 0) is 4.79 Å². The summed E-state index contributed by atoms with van der Waals surface area (Å²) in [5, 5.41) is 10.2. The van der Waals surface area contributed by atoms with Gasteiger partial charge >= 0.3 is 0 Å². The van der Waals surface area contributed by atoms with Gasteiger partial charge in [-0.05, 0) is 17.8 Å². The monoisotopic (exact) mass is 192 g/mol. The van der Waals surface area contributed by atoms with E-state index in [9.17, 15) is 9.90 Å². The summed E-state index contributed by atoms with van der Waals surface area (Å²) in [6, 6.07) is 0. The molecule has 0 saturated heterocycles. The zero-order valence-corrected chi connectivity index (χ0v) is 8.60. The first-order valence-corrected chi connectivity index (χ1v) is 5.42. The van der Waals surface area contributed by atoms with Crippen LogP contribution in [0.15, 0.2) is 12.2 Å². The van der Waals surface area contributed by atoms with Crippen LogP contribution in [0, 0.1) is 29.1 Å². The summed E-state index contributed by atoms with van der Waals surface area (Å²) >= 11 is 0. The van der Waals surface area contributed by atoms with Gasteiger partial charge in [-0.2, -0.15) is 0 Å². The number of aliphatic hydroxyl groups excluding tert-OH is 1. The number of hydrogen-bond acceptors (Lipinski definition) is 2. The summed E-state index contributed by atoms with van der Waals surface area (Å²) in [6.45, 7) is 4.22. The minimum absolute atomic E-state index is 0.00144. The lowest BCUT2D eigenvalue weighted by molar-refractivity contribution is -0.122. The molecule has 5 unspecified atom stereocenters. The number of hydrogen-bond donors (Lipinski definition) is 1. The zero-order valence-electron chi connectivity index (χ0n) is 8.60. The second-order valence-electron chi connectivity index (χ2n) is 5.72. The Morgan fingerprint density at radius 1 is 1.36 bits per heavy atom. The number of aliphatic hydroxyl groups is 1. The highest BCUT2D eigenvalue weighted by atomic mass is 16.3. The molecule has 0 radical (unpaired) electrons. The lowest BCUT2D eigenvalue weighted by atomic mass is 9.83. The van der Waals surface area contributed by atoms with E-state index in [-0.39, 0.29) is 29.3 Å². The maximum absolute atomic E-state index is 11.8. The van der Waals surface area contributed by atoms with E-state index in [0.29, 0.717) is 11.7 Å². The number of rotatable bonds is 0. The van der Waals surface area contributed by atoms with E-state index in [1.807, 2.05) is 6.08 Å². The summed E-state index contributed by atoms with van der Waals surface area (Å²) < 4.78 is 0. The van der Waals surface area contributed by atoms with Gasteiger partial charge in [-0.3, -0.25) is 4.79 Å². The van der Waals surface area contributed by atoms with Gasteiger partial charge in [-0.1, -0.05) is 26.0 Å². The molecule has 2 heteroatoms. The van der Waals surface area contributed by atoms with Crippen molar-refractivity contribution >= 4 is 5.78 Å². The third kappa shape index (κ3) is 0.789. The topological polar surface area (TPSA) is 37.3 Å². The molecule has 0 aromatic carbocycles. The molecule has 2 nitrogen and oxygen atoms in total. The molecule has 1 N–H and O–H groups in total. The Morgan fingerprint density at radius 2 is 2.00 bits per heavy atom. The van der Waals surface area contributed by atoms with Crippen molar-refractivity contribution in [3.63, 3.8) is 0 Å². The predicted octanol–water partition coefficient (Wildman–Crippen LogP) is 1.39. The SMILES string of the molecule is CC1(C)CC2C3C=CC(C3=O)C2C1O. The maximum Gasteiger partial charge on any atom is 0.147 e. The lowest BCUT2D eigenvalue weighted by Gasteiger charge is -2.26. The van der Waals surface area contributed by atoms with Gasteiger partial charge in [-0.25, -0.2) is 0 Å². The van der Waals surface area contributed by atoms with Gasteiger partial charge in [0.05, 0.1) is 6.10 Å². The van der Waals surface area contributed by atoms with Crippen molar-refractivity contribution in [3.8, 4) is 0 Å². The van der Waals surface area contributed by atoms with Crippen LogP contribution in [0.2, 0.25) is 0 Å². The fourth-order valence-electron chi connectivity index (χ4n) is 3.77. The number of allylic oxidation sites excluding steroid dienone is 2. The average molecular weight is 192 g/mol. The fraction of sp³-hybridized carbons (Fsp3) is 0.750. The summed E-state index contributed by atoms with van der Waals surface area (Å²) in [5.74, 6) is 1.15. The molecular formula is C12H16O2. The van der Waals surface area contributed by atoms with Crippen LogP contribution in [-0.4, -0.2) is 17.0 Å². The van der Waals surface area contributed by atoms with Crippen LogP contribution in [0.4, 0.5) is 0 Å². The van der Waals surface area contributed by atoms with Crippen molar-refractivity contribution in [2.45, 2.75) is 26.4 Å². The molecule has 3 rings (SSSR count). The molecule has 0 aromatic heterocycles. The Morgan fingerprint density at radius 3 is 2.64 bits per heavy atom. The second kappa shape index (κ2) is 2.30. The van der Waals surface area contributed by atoms with Crippen molar-refractivity contribution in [2.75, 3.05) is 0 Å². The van der Waals surface area contributed by atoms with Gasteiger partial charge in [0.25, 0.3) is 0 Å². The van der Waals surface area contributed by atoms with E-state index in [2.05, 4.69) is 19.9 Å². The number of carbonyl (C=O) groups excluding carboxylic acids is 1. The third-order valence-corrected chi connectivity index (χ3v) is 4.48. The largest absolute Gasteiger partial charge is 0.392 e. The van der Waals surface area contributed by atoms with Crippen molar-refractivity contribution in [2.24, 2.45) is 29.1 Å². The number of carbonyl (C=O) groups is 1. The van der Waals surface area contributed by atoms with E-state index in [1.165, 1.54) is 0 Å².